The molecule has 0 atom stereocenters. The molecule has 1 amide bonds. The van der Waals surface area contributed by atoms with Crippen molar-refractivity contribution in [1.82, 2.24) is 4.90 Å². The second-order valence-corrected chi connectivity index (χ2v) is 5.94. The van der Waals surface area contributed by atoms with Crippen molar-refractivity contribution in [2.75, 3.05) is 25.5 Å². The summed E-state index contributed by atoms with van der Waals surface area (Å²) in [4.78, 5) is 13.9. The van der Waals surface area contributed by atoms with Crippen LogP contribution in [-0.4, -0.2) is 30.9 Å². The monoisotopic (exact) mass is 259 g/mol. The van der Waals surface area contributed by atoms with Crippen LogP contribution in [0.15, 0.2) is 24.3 Å². The number of carbonyl (C=O) groups excluding carboxylic acids is 1. The van der Waals surface area contributed by atoms with Crippen LogP contribution >= 0.6 is 0 Å². The van der Waals surface area contributed by atoms with Gasteiger partial charge in [-0.15, -0.1) is 0 Å². The Morgan fingerprint density at radius 1 is 1.37 bits per heavy atom. The number of nitrogens with zero attached hydrogens (tertiary/aromatic N) is 2. The third-order valence-corrected chi connectivity index (χ3v) is 2.48. The van der Waals surface area contributed by atoms with Gasteiger partial charge in [-0.3, -0.25) is 9.69 Å². The first kappa shape index (κ1) is 15.2. The summed E-state index contributed by atoms with van der Waals surface area (Å²) in [7, 11) is 1.92. The molecule has 0 fully saturated rings. The summed E-state index contributed by atoms with van der Waals surface area (Å²) in [5.41, 5.74) is 1.20. The van der Waals surface area contributed by atoms with Gasteiger partial charge in [-0.2, -0.15) is 5.26 Å². The van der Waals surface area contributed by atoms with E-state index < -0.39 is 0 Å². The molecule has 0 saturated heterocycles. The maximum absolute atomic E-state index is 11.9. The topological polar surface area (TPSA) is 56.1 Å². The third kappa shape index (κ3) is 5.54. The van der Waals surface area contributed by atoms with Gasteiger partial charge in [0.1, 0.15) is 6.07 Å². The summed E-state index contributed by atoms with van der Waals surface area (Å²) in [5, 5.41) is 11.7. The van der Waals surface area contributed by atoms with Crippen molar-refractivity contribution in [1.29, 1.82) is 5.26 Å². The van der Waals surface area contributed by atoms with Crippen LogP contribution in [0.2, 0.25) is 0 Å². The van der Waals surface area contributed by atoms with Crippen molar-refractivity contribution in [3.63, 3.8) is 0 Å². The molecule has 1 N–H and O–H groups in total. The summed E-state index contributed by atoms with van der Waals surface area (Å²) >= 11 is 0. The Morgan fingerprint density at radius 2 is 2.00 bits per heavy atom. The van der Waals surface area contributed by atoms with Crippen LogP contribution in [0, 0.1) is 16.7 Å². The summed E-state index contributed by atoms with van der Waals surface area (Å²) < 4.78 is 0. The first-order valence-electron chi connectivity index (χ1n) is 6.29. The van der Waals surface area contributed by atoms with Crippen molar-refractivity contribution in [3.05, 3.63) is 29.8 Å². The van der Waals surface area contributed by atoms with Crippen LogP contribution in [0.4, 0.5) is 5.69 Å². The number of benzene rings is 1. The molecule has 102 valence electrons. The third-order valence-electron chi connectivity index (χ3n) is 2.48. The Hall–Kier alpha value is -1.86. The molecule has 0 heterocycles. The number of nitriles is 1. The van der Waals surface area contributed by atoms with Crippen LogP contribution in [0.3, 0.4) is 0 Å². The van der Waals surface area contributed by atoms with Crippen molar-refractivity contribution in [2.24, 2.45) is 5.41 Å². The summed E-state index contributed by atoms with van der Waals surface area (Å²) in [6.45, 7) is 7.54. The number of rotatable bonds is 4. The van der Waals surface area contributed by atoms with E-state index in [-0.39, 0.29) is 11.3 Å². The predicted octanol–water partition coefficient (Wildman–Crippen LogP) is 2.47. The van der Waals surface area contributed by atoms with Crippen LogP contribution in [0.1, 0.15) is 26.3 Å². The number of hydrogen-bond acceptors (Lipinski definition) is 3. The van der Waals surface area contributed by atoms with E-state index in [1.54, 1.807) is 24.3 Å². The maximum atomic E-state index is 11.9. The smallest absolute Gasteiger partial charge is 0.238 e. The van der Waals surface area contributed by atoms with Gasteiger partial charge in [-0.25, -0.2) is 0 Å². The molecule has 0 aliphatic carbocycles. The Balaban J connectivity index is 2.59. The van der Waals surface area contributed by atoms with E-state index >= 15 is 0 Å². The number of amides is 1. The molecule has 19 heavy (non-hydrogen) atoms. The molecule has 1 aromatic carbocycles. The normalized spacial score (nSPS) is 11.2. The molecule has 0 radical (unpaired) electrons. The molecule has 0 bridgehead atoms. The molecule has 1 rings (SSSR count). The van der Waals surface area contributed by atoms with Crippen LogP contribution < -0.4 is 5.32 Å². The second kappa shape index (κ2) is 6.35. The summed E-state index contributed by atoms with van der Waals surface area (Å²) in [6, 6.07) is 9.07. The molecule has 0 aliphatic rings. The van der Waals surface area contributed by atoms with Crippen LogP contribution in [0.25, 0.3) is 0 Å². The van der Waals surface area contributed by atoms with Crippen molar-refractivity contribution < 1.29 is 4.79 Å². The molecular weight excluding hydrogens is 238 g/mol. The first-order valence-corrected chi connectivity index (χ1v) is 6.29. The zero-order valence-electron chi connectivity index (χ0n) is 12.0. The maximum Gasteiger partial charge on any atom is 0.238 e. The van der Waals surface area contributed by atoms with Gasteiger partial charge in [0.25, 0.3) is 0 Å². The lowest BCUT2D eigenvalue weighted by Crippen LogP contribution is -2.35. The van der Waals surface area contributed by atoms with E-state index in [0.717, 1.165) is 6.54 Å². The second-order valence-electron chi connectivity index (χ2n) is 5.94. The lowest BCUT2D eigenvalue weighted by molar-refractivity contribution is -0.117. The highest BCUT2D eigenvalue weighted by atomic mass is 16.2. The average molecular weight is 259 g/mol. The lowest BCUT2D eigenvalue weighted by atomic mass is 9.96. The van der Waals surface area contributed by atoms with Gasteiger partial charge in [0, 0.05) is 6.54 Å². The summed E-state index contributed by atoms with van der Waals surface area (Å²) in [6.07, 6.45) is 0. The molecule has 0 spiro atoms. The van der Waals surface area contributed by atoms with Gasteiger partial charge in [0.2, 0.25) is 5.91 Å². The molecular formula is C15H21N3O. The fourth-order valence-electron chi connectivity index (χ4n) is 1.99. The Morgan fingerprint density at radius 3 is 2.58 bits per heavy atom. The number of carbonyl (C=O) groups is 1. The SMILES string of the molecule is CN(CC(=O)Nc1ccccc1C#N)CC(C)(C)C. The standard InChI is InChI=1S/C15H21N3O/c1-15(2,3)11-18(4)10-14(19)17-13-8-6-5-7-12(13)9-16/h5-8H,10-11H2,1-4H3,(H,17,19). The Bertz CT molecular complexity index is 483. The zero-order valence-corrected chi connectivity index (χ0v) is 12.0. The number of anilines is 1. The minimum atomic E-state index is -0.102. The minimum absolute atomic E-state index is 0.102. The zero-order chi connectivity index (χ0) is 14.5. The van der Waals surface area contributed by atoms with E-state index in [1.165, 1.54) is 0 Å². The highest BCUT2D eigenvalue weighted by Gasteiger charge is 2.16. The molecule has 4 heteroatoms. The first-order chi connectivity index (χ1) is 8.81. The van der Waals surface area contributed by atoms with Crippen LogP contribution in [0.5, 0.6) is 0 Å². The molecule has 4 nitrogen and oxygen atoms in total. The van der Waals surface area contributed by atoms with Gasteiger partial charge in [0.05, 0.1) is 17.8 Å². The van der Waals surface area contributed by atoms with E-state index in [0.29, 0.717) is 17.8 Å². The highest BCUT2D eigenvalue weighted by molar-refractivity contribution is 5.93. The summed E-state index contributed by atoms with van der Waals surface area (Å²) in [5.74, 6) is -0.102. The van der Waals surface area contributed by atoms with Gasteiger partial charge in [0.15, 0.2) is 0 Å². The van der Waals surface area contributed by atoms with Gasteiger partial charge >= 0.3 is 0 Å². The molecule has 0 unspecified atom stereocenters. The number of nitrogens with one attached hydrogen (secondary N) is 1. The lowest BCUT2D eigenvalue weighted by Gasteiger charge is -2.25. The van der Waals surface area contributed by atoms with E-state index in [9.17, 15) is 4.79 Å². The number of likely N-dealkylation sites (N-methyl/N-ethyl adjacent to an activating group) is 1. The largest absolute Gasteiger partial charge is 0.324 e. The van der Waals surface area contributed by atoms with Crippen LogP contribution in [-0.2, 0) is 4.79 Å². The van der Waals surface area contributed by atoms with Gasteiger partial charge < -0.3 is 5.32 Å². The highest BCUT2D eigenvalue weighted by Crippen LogP contribution is 2.15. The van der Waals surface area contributed by atoms with E-state index in [4.69, 9.17) is 5.26 Å². The molecule has 1 aromatic rings. The Labute approximate surface area is 115 Å². The molecule has 0 aliphatic heterocycles. The quantitative estimate of drug-likeness (QED) is 0.903. The van der Waals surface area contributed by atoms with Crippen molar-refractivity contribution >= 4 is 11.6 Å². The van der Waals surface area contributed by atoms with Gasteiger partial charge in [-0.05, 0) is 24.6 Å². The van der Waals surface area contributed by atoms with Crippen molar-refractivity contribution in [3.8, 4) is 6.07 Å². The molecule has 0 saturated carbocycles. The molecule has 0 aromatic heterocycles. The number of para-hydroxylation sites is 1. The number of hydrogen-bond donors (Lipinski definition) is 1. The van der Waals surface area contributed by atoms with E-state index in [1.807, 2.05) is 11.9 Å². The Kier molecular flexibility index (Phi) is 5.08. The fraction of sp³-hybridized carbons (Fsp3) is 0.467. The predicted molar refractivity (Wildman–Crippen MR) is 76.7 cm³/mol. The van der Waals surface area contributed by atoms with Gasteiger partial charge in [-0.1, -0.05) is 32.9 Å². The minimum Gasteiger partial charge on any atom is -0.324 e. The van der Waals surface area contributed by atoms with Crippen molar-refractivity contribution in [2.45, 2.75) is 20.8 Å². The van der Waals surface area contributed by atoms with E-state index in [2.05, 4.69) is 32.2 Å². The average Bonchev–Trinajstić information content (AvgIpc) is 2.26. The fourth-order valence-corrected chi connectivity index (χ4v) is 1.99.